The Morgan fingerprint density at radius 2 is 2.04 bits per heavy atom. The molecule has 23 heavy (non-hydrogen) atoms. The van der Waals surface area contributed by atoms with E-state index in [2.05, 4.69) is 20.3 Å². The third-order valence-corrected chi connectivity index (χ3v) is 3.60. The smallest absolute Gasteiger partial charge is 0.212 e. The van der Waals surface area contributed by atoms with Crippen molar-refractivity contribution in [3.8, 4) is 17.1 Å². The minimum Gasteiger partial charge on any atom is -0.481 e. The summed E-state index contributed by atoms with van der Waals surface area (Å²) >= 11 is 0. The van der Waals surface area contributed by atoms with E-state index in [1.165, 1.54) is 0 Å². The summed E-state index contributed by atoms with van der Waals surface area (Å²) in [5.41, 5.74) is 3.63. The molecule has 120 valence electrons. The lowest BCUT2D eigenvalue weighted by Gasteiger charge is -2.05. The van der Waals surface area contributed by atoms with Crippen molar-refractivity contribution in [2.24, 2.45) is 7.05 Å². The molecule has 0 bridgehead atoms. The largest absolute Gasteiger partial charge is 0.481 e. The highest BCUT2D eigenvalue weighted by molar-refractivity contribution is 5.81. The van der Waals surface area contributed by atoms with Gasteiger partial charge in [-0.2, -0.15) is 0 Å². The molecule has 0 aliphatic rings. The molecule has 0 saturated carbocycles. The molecule has 3 aromatic heterocycles. The molecule has 1 N–H and O–H groups in total. The highest BCUT2D eigenvalue weighted by atomic mass is 16.5. The Labute approximate surface area is 134 Å². The lowest BCUT2D eigenvalue weighted by Crippen LogP contribution is -2.10. The molecule has 0 aliphatic heterocycles. The lowest BCUT2D eigenvalue weighted by molar-refractivity contribution is 0.210. The van der Waals surface area contributed by atoms with Crippen LogP contribution in [0.25, 0.3) is 22.3 Å². The number of nitrogens with zero attached hydrogens (tertiary/aromatic N) is 4. The molecule has 7 nitrogen and oxygen atoms in total. The number of aromatic nitrogens is 4. The number of rotatable bonds is 6. The summed E-state index contributed by atoms with van der Waals surface area (Å²) < 4.78 is 12.1. The molecule has 0 radical (unpaired) electrons. The number of methoxy groups -OCH3 is 2. The molecular formula is C16H19N5O2. The zero-order chi connectivity index (χ0) is 16.2. The van der Waals surface area contributed by atoms with Gasteiger partial charge in [0, 0.05) is 38.5 Å². The Morgan fingerprint density at radius 3 is 2.74 bits per heavy atom. The van der Waals surface area contributed by atoms with Gasteiger partial charge in [-0.1, -0.05) is 0 Å². The third-order valence-electron chi connectivity index (χ3n) is 3.60. The zero-order valence-electron chi connectivity index (χ0n) is 13.4. The van der Waals surface area contributed by atoms with Gasteiger partial charge in [0.2, 0.25) is 11.8 Å². The van der Waals surface area contributed by atoms with E-state index in [-0.39, 0.29) is 0 Å². The number of hydrogen-bond acceptors (Lipinski definition) is 6. The third kappa shape index (κ3) is 3.09. The Bertz CT molecular complexity index is 798. The molecule has 3 aromatic rings. The topological polar surface area (TPSA) is 74.1 Å². The second-order valence-corrected chi connectivity index (χ2v) is 5.06. The molecule has 0 atom stereocenters. The van der Waals surface area contributed by atoms with Crippen LogP contribution in [0.2, 0.25) is 0 Å². The molecule has 3 rings (SSSR count). The standard InChI is InChI=1S/C16H19N5O2/c1-21-14-8-12(11-4-5-15(23-3)19-9-11)18-10-13(14)20-16(21)17-6-7-22-2/h4-5,8-10H,6-7H2,1-3H3,(H,17,20). The van der Waals surface area contributed by atoms with Crippen LogP contribution < -0.4 is 10.1 Å². The summed E-state index contributed by atoms with van der Waals surface area (Å²) in [5.74, 6) is 1.38. The van der Waals surface area contributed by atoms with Gasteiger partial charge in [-0.05, 0) is 12.1 Å². The van der Waals surface area contributed by atoms with Crippen molar-refractivity contribution in [1.29, 1.82) is 0 Å². The summed E-state index contributed by atoms with van der Waals surface area (Å²) in [6, 6.07) is 5.77. The van der Waals surface area contributed by atoms with Gasteiger partial charge >= 0.3 is 0 Å². The highest BCUT2D eigenvalue weighted by Crippen LogP contribution is 2.24. The van der Waals surface area contributed by atoms with Crippen molar-refractivity contribution < 1.29 is 9.47 Å². The van der Waals surface area contributed by atoms with Crippen molar-refractivity contribution in [2.75, 3.05) is 32.7 Å². The van der Waals surface area contributed by atoms with Crippen LogP contribution in [-0.4, -0.2) is 46.9 Å². The van der Waals surface area contributed by atoms with Gasteiger partial charge in [-0.15, -0.1) is 0 Å². The van der Waals surface area contributed by atoms with Crippen molar-refractivity contribution in [3.63, 3.8) is 0 Å². The van der Waals surface area contributed by atoms with Gasteiger partial charge in [-0.25, -0.2) is 9.97 Å². The maximum absolute atomic E-state index is 5.08. The van der Waals surface area contributed by atoms with Crippen LogP contribution in [0.4, 0.5) is 5.95 Å². The lowest BCUT2D eigenvalue weighted by atomic mass is 10.2. The molecular weight excluding hydrogens is 294 g/mol. The predicted octanol–water partition coefficient (Wildman–Crippen LogP) is 2.10. The summed E-state index contributed by atoms with van der Waals surface area (Å²) in [5, 5.41) is 3.25. The number of pyridine rings is 2. The minimum absolute atomic E-state index is 0.583. The number of aryl methyl sites for hydroxylation is 1. The van der Waals surface area contributed by atoms with E-state index < -0.39 is 0 Å². The molecule has 0 saturated heterocycles. The first kappa shape index (κ1) is 15.2. The van der Waals surface area contributed by atoms with Gasteiger partial charge in [0.1, 0.15) is 5.52 Å². The van der Waals surface area contributed by atoms with Crippen molar-refractivity contribution in [1.82, 2.24) is 19.5 Å². The second kappa shape index (κ2) is 6.62. The quantitative estimate of drug-likeness (QED) is 0.703. The van der Waals surface area contributed by atoms with Crippen molar-refractivity contribution in [3.05, 3.63) is 30.6 Å². The number of imidazole rings is 1. The Kier molecular flexibility index (Phi) is 4.38. The summed E-state index contributed by atoms with van der Waals surface area (Å²) in [7, 11) is 5.25. The zero-order valence-corrected chi connectivity index (χ0v) is 13.4. The Hall–Kier alpha value is -2.67. The van der Waals surface area contributed by atoms with Gasteiger partial charge in [0.25, 0.3) is 0 Å². The summed E-state index contributed by atoms with van der Waals surface area (Å²) in [4.78, 5) is 13.2. The molecule has 3 heterocycles. The number of nitrogens with one attached hydrogen (secondary N) is 1. The first-order valence-electron chi connectivity index (χ1n) is 7.28. The van der Waals surface area contributed by atoms with E-state index in [0.717, 1.165) is 28.2 Å². The van der Waals surface area contributed by atoms with Crippen LogP contribution in [0.1, 0.15) is 0 Å². The number of anilines is 1. The first-order valence-corrected chi connectivity index (χ1v) is 7.28. The molecule has 0 spiro atoms. The predicted molar refractivity (Wildman–Crippen MR) is 88.7 cm³/mol. The van der Waals surface area contributed by atoms with Gasteiger partial charge in [-0.3, -0.25) is 4.98 Å². The maximum Gasteiger partial charge on any atom is 0.212 e. The normalized spacial score (nSPS) is 10.9. The van der Waals surface area contributed by atoms with Crippen LogP contribution in [0.15, 0.2) is 30.6 Å². The SMILES string of the molecule is COCCNc1nc2cnc(-c3ccc(OC)nc3)cc2n1C. The molecule has 0 aliphatic carbocycles. The van der Waals surface area contributed by atoms with Gasteiger partial charge < -0.3 is 19.4 Å². The van der Waals surface area contributed by atoms with Crippen LogP contribution >= 0.6 is 0 Å². The molecule has 7 heteroatoms. The molecule has 0 aromatic carbocycles. The number of fused-ring (bicyclic) bond motifs is 1. The van der Waals surface area contributed by atoms with Crippen molar-refractivity contribution in [2.45, 2.75) is 0 Å². The van der Waals surface area contributed by atoms with E-state index in [1.54, 1.807) is 26.6 Å². The van der Waals surface area contributed by atoms with Crippen LogP contribution in [0.3, 0.4) is 0 Å². The average molecular weight is 313 g/mol. The fourth-order valence-corrected chi connectivity index (χ4v) is 2.33. The number of ether oxygens (including phenoxy) is 2. The average Bonchev–Trinajstić information content (AvgIpc) is 2.91. The highest BCUT2D eigenvalue weighted by Gasteiger charge is 2.10. The Morgan fingerprint density at radius 1 is 1.17 bits per heavy atom. The van der Waals surface area contributed by atoms with E-state index in [9.17, 15) is 0 Å². The van der Waals surface area contributed by atoms with Gasteiger partial charge in [0.15, 0.2) is 0 Å². The summed E-state index contributed by atoms with van der Waals surface area (Å²) in [6.45, 7) is 1.33. The fourth-order valence-electron chi connectivity index (χ4n) is 2.33. The van der Waals surface area contributed by atoms with Crippen molar-refractivity contribution >= 4 is 17.0 Å². The van der Waals surface area contributed by atoms with E-state index in [4.69, 9.17) is 9.47 Å². The van der Waals surface area contributed by atoms with Crippen LogP contribution in [0, 0.1) is 0 Å². The molecule has 0 amide bonds. The second-order valence-electron chi connectivity index (χ2n) is 5.06. The van der Waals surface area contributed by atoms with E-state index >= 15 is 0 Å². The minimum atomic E-state index is 0.583. The fraction of sp³-hybridized carbons (Fsp3) is 0.312. The van der Waals surface area contributed by atoms with E-state index in [1.807, 2.05) is 29.8 Å². The van der Waals surface area contributed by atoms with Crippen LogP contribution in [0.5, 0.6) is 5.88 Å². The van der Waals surface area contributed by atoms with Gasteiger partial charge in [0.05, 0.1) is 31.1 Å². The van der Waals surface area contributed by atoms with E-state index in [0.29, 0.717) is 19.0 Å². The monoisotopic (exact) mass is 313 g/mol. The molecule has 0 fully saturated rings. The summed E-state index contributed by atoms with van der Waals surface area (Å²) in [6.07, 6.45) is 3.53. The van der Waals surface area contributed by atoms with Crippen LogP contribution in [-0.2, 0) is 11.8 Å². The first-order chi connectivity index (χ1) is 11.2. The Balaban J connectivity index is 1.92. The number of hydrogen-bond donors (Lipinski definition) is 1. The molecule has 0 unspecified atom stereocenters. The maximum atomic E-state index is 5.08.